The molecule has 0 aromatic rings. The van der Waals surface area contributed by atoms with Gasteiger partial charge in [-0.1, -0.05) is 214 Å². The van der Waals surface area contributed by atoms with Crippen LogP contribution >= 0.6 is 0 Å². The molecule has 0 bridgehead atoms. The van der Waals surface area contributed by atoms with Crippen LogP contribution in [0.1, 0.15) is 233 Å². The minimum atomic E-state index is -0.836. The molecular formula is C58H96O6. The highest BCUT2D eigenvalue weighted by Gasteiger charge is 2.19. The average Bonchev–Trinajstić information content (AvgIpc) is 3.29. The minimum Gasteiger partial charge on any atom is -0.462 e. The molecule has 0 amide bonds. The summed E-state index contributed by atoms with van der Waals surface area (Å²) >= 11 is 0. The fourth-order valence-corrected chi connectivity index (χ4v) is 6.90. The van der Waals surface area contributed by atoms with Crippen LogP contribution in [0.5, 0.6) is 0 Å². The van der Waals surface area contributed by atoms with Crippen molar-refractivity contribution >= 4 is 17.9 Å². The third-order valence-corrected chi connectivity index (χ3v) is 10.8. The van der Waals surface area contributed by atoms with Gasteiger partial charge in [-0.2, -0.15) is 0 Å². The first-order valence-corrected chi connectivity index (χ1v) is 26.2. The molecule has 0 radical (unpaired) electrons. The Bertz CT molecular complexity index is 1300. The lowest BCUT2D eigenvalue weighted by Crippen LogP contribution is -2.30. The molecule has 1 unspecified atom stereocenters. The molecule has 1 atom stereocenters. The van der Waals surface area contributed by atoms with Gasteiger partial charge in [-0.15, -0.1) is 0 Å². The molecule has 0 aliphatic heterocycles. The normalized spacial score (nSPS) is 12.9. The van der Waals surface area contributed by atoms with E-state index >= 15 is 0 Å². The molecule has 364 valence electrons. The van der Waals surface area contributed by atoms with Gasteiger partial charge in [0.15, 0.2) is 6.10 Å². The lowest BCUT2D eigenvalue weighted by molar-refractivity contribution is -0.166. The summed E-state index contributed by atoms with van der Waals surface area (Å²) in [5.74, 6) is -1.07. The summed E-state index contributed by atoms with van der Waals surface area (Å²) in [5.41, 5.74) is 0. The Morgan fingerprint density at radius 3 is 1.11 bits per heavy atom. The van der Waals surface area contributed by atoms with Crippen LogP contribution in [0.2, 0.25) is 0 Å². The smallest absolute Gasteiger partial charge is 0.310 e. The number of allylic oxidation sites excluding steroid dienone is 15. The summed E-state index contributed by atoms with van der Waals surface area (Å²) in [7, 11) is 0. The SMILES string of the molecule is CC/C=C\C/C=C\C/C=C\C/C=C\C/C=C\CC(=O)OC(COC(=O)CCCCCCC/C=C\CCC)COC(=O)CCCCCCCCCCC/C=C\C/C=C\CCCCCCC. The highest BCUT2D eigenvalue weighted by molar-refractivity contribution is 5.72. The van der Waals surface area contributed by atoms with Crippen molar-refractivity contribution in [2.75, 3.05) is 13.2 Å². The van der Waals surface area contributed by atoms with E-state index in [0.29, 0.717) is 12.8 Å². The molecule has 0 saturated carbocycles. The van der Waals surface area contributed by atoms with Gasteiger partial charge in [-0.05, 0) is 96.3 Å². The summed E-state index contributed by atoms with van der Waals surface area (Å²) in [6.07, 6.45) is 68.5. The highest BCUT2D eigenvalue weighted by Crippen LogP contribution is 2.14. The predicted molar refractivity (Wildman–Crippen MR) is 274 cm³/mol. The van der Waals surface area contributed by atoms with Gasteiger partial charge in [-0.25, -0.2) is 0 Å². The van der Waals surface area contributed by atoms with Crippen molar-refractivity contribution in [3.63, 3.8) is 0 Å². The van der Waals surface area contributed by atoms with Gasteiger partial charge in [0.25, 0.3) is 0 Å². The van der Waals surface area contributed by atoms with E-state index in [-0.39, 0.29) is 31.6 Å². The highest BCUT2D eigenvalue weighted by atomic mass is 16.6. The maximum Gasteiger partial charge on any atom is 0.310 e. The fraction of sp³-hybridized carbons (Fsp3) is 0.672. The summed E-state index contributed by atoms with van der Waals surface area (Å²) in [6, 6.07) is 0. The minimum absolute atomic E-state index is 0.0924. The zero-order valence-corrected chi connectivity index (χ0v) is 41.5. The Morgan fingerprint density at radius 1 is 0.344 bits per heavy atom. The standard InChI is InChI=1S/C58H96O6/c1-4-7-10-13-16-19-22-24-26-27-28-29-30-31-33-34-36-39-42-45-48-51-57(60)63-54-55(53-62-56(59)50-47-44-41-38-21-18-15-12-9-6-3)64-58(61)52-49-46-43-40-37-35-32-25-23-20-17-14-11-8-5-2/h8,11-12,15,17,20,22,24-25,27-28,32,37,40,46,49,55H,4-7,9-10,13-14,16,18-19,21,23,26,29-31,33-36,38-39,41-45,47-48,50-54H2,1-3H3/b11-8-,15-12-,20-17-,24-22-,28-27-,32-25-,40-37-,49-46-. The van der Waals surface area contributed by atoms with E-state index in [1.165, 1.54) is 96.3 Å². The third kappa shape index (κ3) is 49.3. The number of esters is 3. The lowest BCUT2D eigenvalue weighted by atomic mass is 10.1. The molecule has 0 aliphatic rings. The van der Waals surface area contributed by atoms with Crippen LogP contribution in [0.3, 0.4) is 0 Å². The predicted octanol–water partition coefficient (Wildman–Crippen LogP) is 17.4. The molecule has 0 fully saturated rings. The van der Waals surface area contributed by atoms with Gasteiger partial charge in [0, 0.05) is 12.8 Å². The molecule has 64 heavy (non-hydrogen) atoms. The van der Waals surface area contributed by atoms with Crippen LogP contribution in [0.4, 0.5) is 0 Å². The Hall–Kier alpha value is -3.67. The molecule has 0 N–H and O–H groups in total. The third-order valence-electron chi connectivity index (χ3n) is 10.8. The second-order valence-corrected chi connectivity index (χ2v) is 17.1. The molecule has 0 saturated heterocycles. The molecule has 0 aliphatic carbocycles. The van der Waals surface area contributed by atoms with Crippen molar-refractivity contribution < 1.29 is 28.6 Å². The van der Waals surface area contributed by atoms with Gasteiger partial charge >= 0.3 is 17.9 Å². The van der Waals surface area contributed by atoms with Gasteiger partial charge in [0.05, 0.1) is 6.42 Å². The van der Waals surface area contributed by atoms with Crippen molar-refractivity contribution in [2.45, 2.75) is 239 Å². The van der Waals surface area contributed by atoms with E-state index < -0.39 is 12.1 Å². The van der Waals surface area contributed by atoms with Gasteiger partial charge < -0.3 is 14.2 Å². The summed E-state index contributed by atoms with van der Waals surface area (Å²) in [5, 5.41) is 0. The van der Waals surface area contributed by atoms with Gasteiger partial charge in [0.1, 0.15) is 13.2 Å². The van der Waals surface area contributed by atoms with Crippen molar-refractivity contribution in [3.05, 3.63) is 97.2 Å². The van der Waals surface area contributed by atoms with E-state index in [2.05, 4.69) is 106 Å². The zero-order chi connectivity index (χ0) is 46.5. The Kier molecular flexibility index (Phi) is 49.0. The van der Waals surface area contributed by atoms with Crippen LogP contribution in [0.15, 0.2) is 97.2 Å². The maximum atomic E-state index is 12.7. The number of ether oxygens (including phenoxy) is 3. The molecule has 0 aromatic carbocycles. The Labute approximate surface area is 394 Å². The summed E-state index contributed by atoms with van der Waals surface area (Å²) in [4.78, 5) is 37.9. The van der Waals surface area contributed by atoms with Crippen molar-refractivity contribution in [2.24, 2.45) is 0 Å². The number of hydrogen-bond acceptors (Lipinski definition) is 6. The van der Waals surface area contributed by atoms with Crippen LogP contribution in [0, 0.1) is 0 Å². The van der Waals surface area contributed by atoms with Crippen molar-refractivity contribution in [1.82, 2.24) is 0 Å². The van der Waals surface area contributed by atoms with E-state index in [1.54, 1.807) is 6.08 Å². The maximum absolute atomic E-state index is 12.7. The molecule has 0 spiro atoms. The summed E-state index contributed by atoms with van der Waals surface area (Å²) < 4.78 is 16.7. The first-order chi connectivity index (χ1) is 31.5. The van der Waals surface area contributed by atoms with Crippen LogP contribution < -0.4 is 0 Å². The molecule has 0 rings (SSSR count). The Balaban J connectivity index is 4.42. The van der Waals surface area contributed by atoms with E-state index in [1.807, 2.05) is 6.08 Å². The first kappa shape index (κ1) is 60.3. The fourth-order valence-electron chi connectivity index (χ4n) is 6.90. The number of hydrogen-bond donors (Lipinski definition) is 0. The molecule has 6 nitrogen and oxygen atoms in total. The number of unbranched alkanes of at least 4 members (excludes halogenated alkanes) is 20. The van der Waals surface area contributed by atoms with Gasteiger partial charge in [0.2, 0.25) is 0 Å². The number of carbonyl (C=O) groups excluding carboxylic acids is 3. The van der Waals surface area contributed by atoms with E-state index in [9.17, 15) is 14.4 Å². The Morgan fingerprint density at radius 2 is 0.688 bits per heavy atom. The van der Waals surface area contributed by atoms with E-state index in [0.717, 1.165) is 96.3 Å². The largest absolute Gasteiger partial charge is 0.462 e. The van der Waals surface area contributed by atoms with Crippen molar-refractivity contribution in [1.29, 1.82) is 0 Å². The van der Waals surface area contributed by atoms with Crippen molar-refractivity contribution in [3.8, 4) is 0 Å². The second kappa shape index (κ2) is 52.0. The molecular weight excluding hydrogens is 793 g/mol. The van der Waals surface area contributed by atoms with Crippen LogP contribution in [-0.4, -0.2) is 37.2 Å². The lowest BCUT2D eigenvalue weighted by Gasteiger charge is -2.18. The topological polar surface area (TPSA) is 78.9 Å². The molecule has 0 aromatic heterocycles. The number of carbonyl (C=O) groups is 3. The zero-order valence-electron chi connectivity index (χ0n) is 41.5. The summed E-state index contributed by atoms with van der Waals surface area (Å²) in [6.45, 7) is 6.35. The second-order valence-electron chi connectivity index (χ2n) is 17.1. The van der Waals surface area contributed by atoms with Crippen LogP contribution in [-0.2, 0) is 28.6 Å². The van der Waals surface area contributed by atoms with Gasteiger partial charge in [-0.3, -0.25) is 14.4 Å². The van der Waals surface area contributed by atoms with Crippen LogP contribution in [0.25, 0.3) is 0 Å². The monoisotopic (exact) mass is 889 g/mol. The molecule has 6 heteroatoms. The van der Waals surface area contributed by atoms with E-state index in [4.69, 9.17) is 14.2 Å². The molecule has 0 heterocycles. The number of rotatable bonds is 46. The first-order valence-electron chi connectivity index (χ1n) is 26.2. The average molecular weight is 889 g/mol. The quantitative estimate of drug-likeness (QED) is 0.0262.